The number of carbonyl (C=O) groups is 2. The Hall–Kier alpha value is -1.99. The molecule has 2 amide bonds. The van der Waals surface area contributed by atoms with Gasteiger partial charge in [-0.1, -0.05) is 0 Å². The number of aromatic amines is 1. The van der Waals surface area contributed by atoms with Crippen molar-refractivity contribution in [1.29, 1.82) is 0 Å². The van der Waals surface area contributed by atoms with Crippen molar-refractivity contribution < 1.29 is 9.59 Å². The molecule has 1 aromatic rings. The molecule has 1 aromatic heterocycles. The number of carbonyl (C=O) groups excluding carboxylic acids is 2. The van der Waals surface area contributed by atoms with E-state index in [1.807, 2.05) is 13.8 Å². The molecular weight excluding hydrogens is 212 g/mol. The van der Waals surface area contributed by atoms with Crippen LogP contribution in [0.3, 0.4) is 0 Å². The minimum absolute atomic E-state index is 0.0362. The van der Waals surface area contributed by atoms with E-state index < -0.39 is 5.91 Å². The fourth-order valence-electron chi connectivity index (χ4n) is 1.08. The molecule has 0 aliphatic heterocycles. The maximum absolute atomic E-state index is 11.6. The summed E-state index contributed by atoms with van der Waals surface area (Å²) < 4.78 is 0. The van der Waals surface area contributed by atoms with Gasteiger partial charge in [0.15, 0.2) is 0 Å². The second-order valence-electron chi connectivity index (χ2n) is 3.62. The van der Waals surface area contributed by atoms with Gasteiger partial charge in [-0.2, -0.15) is 5.21 Å². The smallest absolute Gasteiger partial charge is 0.295 e. The fourth-order valence-corrected chi connectivity index (χ4v) is 1.08. The minimum Gasteiger partial charge on any atom is -0.352 e. The van der Waals surface area contributed by atoms with Gasteiger partial charge in [0.05, 0.1) is 6.54 Å². The number of nitrogens with one attached hydrogen (secondary N) is 2. The van der Waals surface area contributed by atoms with Crippen molar-refractivity contribution in [1.82, 2.24) is 30.8 Å². The summed E-state index contributed by atoms with van der Waals surface area (Å²) in [6, 6.07) is 0.0428. The molecule has 8 nitrogen and oxygen atoms in total. The number of likely N-dealkylation sites (N-methyl/N-ethyl adjacent to an activating group) is 1. The third-order valence-corrected chi connectivity index (χ3v) is 1.71. The average molecular weight is 226 g/mol. The van der Waals surface area contributed by atoms with Crippen LogP contribution in [0.15, 0.2) is 0 Å². The second kappa shape index (κ2) is 5.19. The van der Waals surface area contributed by atoms with E-state index in [0.717, 1.165) is 0 Å². The fraction of sp³-hybridized carbons (Fsp3) is 0.625. The van der Waals surface area contributed by atoms with Crippen LogP contribution in [0.25, 0.3) is 0 Å². The van der Waals surface area contributed by atoms with Crippen LogP contribution in [0.1, 0.15) is 24.5 Å². The third kappa shape index (κ3) is 3.30. The number of amides is 2. The Morgan fingerprint density at radius 1 is 1.50 bits per heavy atom. The van der Waals surface area contributed by atoms with Crippen LogP contribution >= 0.6 is 0 Å². The summed E-state index contributed by atoms with van der Waals surface area (Å²) in [7, 11) is 1.50. The molecule has 0 atom stereocenters. The van der Waals surface area contributed by atoms with Crippen LogP contribution in [-0.4, -0.2) is 57.0 Å². The predicted molar refractivity (Wildman–Crippen MR) is 54.4 cm³/mol. The van der Waals surface area contributed by atoms with Gasteiger partial charge in [-0.05, 0) is 19.1 Å². The monoisotopic (exact) mass is 226 g/mol. The Kier molecular flexibility index (Phi) is 3.92. The summed E-state index contributed by atoms with van der Waals surface area (Å²) in [6.45, 7) is 3.66. The molecule has 0 bridgehead atoms. The Bertz CT molecular complexity index is 361. The zero-order valence-electron chi connectivity index (χ0n) is 9.39. The molecule has 1 heterocycles. The van der Waals surface area contributed by atoms with Gasteiger partial charge in [-0.15, -0.1) is 10.2 Å². The Labute approximate surface area is 92.4 Å². The van der Waals surface area contributed by atoms with E-state index in [0.29, 0.717) is 0 Å². The molecule has 0 aromatic carbocycles. The predicted octanol–water partition coefficient (Wildman–Crippen LogP) is -1.20. The molecule has 1 rings (SSSR count). The number of rotatable bonds is 4. The van der Waals surface area contributed by atoms with Crippen LogP contribution in [0.2, 0.25) is 0 Å². The number of hydrogen-bond acceptors (Lipinski definition) is 5. The van der Waals surface area contributed by atoms with Gasteiger partial charge in [0.2, 0.25) is 5.91 Å². The summed E-state index contributed by atoms with van der Waals surface area (Å²) in [5, 5.41) is 15.2. The number of hydrogen-bond donors (Lipinski definition) is 2. The van der Waals surface area contributed by atoms with Gasteiger partial charge < -0.3 is 10.2 Å². The molecule has 0 saturated heterocycles. The first-order valence-corrected chi connectivity index (χ1v) is 4.79. The van der Waals surface area contributed by atoms with E-state index >= 15 is 0 Å². The molecule has 0 unspecified atom stereocenters. The molecule has 88 valence electrons. The highest BCUT2D eigenvalue weighted by Crippen LogP contribution is 1.93. The molecule has 16 heavy (non-hydrogen) atoms. The number of tetrazole rings is 1. The summed E-state index contributed by atoms with van der Waals surface area (Å²) in [6.07, 6.45) is 0. The molecule has 2 N–H and O–H groups in total. The van der Waals surface area contributed by atoms with Crippen molar-refractivity contribution in [3.05, 3.63) is 5.82 Å². The topological polar surface area (TPSA) is 104 Å². The minimum atomic E-state index is -0.451. The SMILES string of the molecule is CC(C)NC(=O)CN(C)C(=O)c1nn[nH]n1. The highest BCUT2D eigenvalue weighted by Gasteiger charge is 2.18. The maximum atomic E-state index is 11.6. The van der Waals surface area contributed by atoms with E-state index in [2.05, 4.69) is 25.9 Å². The Balaban J connectivity index is 2.49. The number of aromatic nitrogens is 4. The largest absolute Gasteiger partial charge is 0.352 e. The summed E-state index contributed by atoms with van der Waals surface area (Å²) in [5.74, 6) is -0.734. The lowest BCUT2D eigenvalue weighted by molar-refractivity contribution is -0.122. The Morgan fingerprint density at radius 3 is 2.69 bits per heavy atom. The third-order valence-electron chi connectivity index (χ3n) is 1.71. The highest BCUT2D eigenvalue weighted by atomic mass is 16.2. The zero-order chi connectivity index (χ0) is 12.1. The lowest BCUT2D eigenvalue weighted by atomic mass is 10.3. The lowest BCUT2D eigenvalue weighted by Crippen LogP contribution is -2.41. The first-order valence-electron chi connectivity index (χ1n) is 4.79. The van der Waals surface area contributed by atoms with Crippen LogP contribution in [0.4, 0.5) is 0 Å². The molecule has 0 fully saturated rings. The van der Waals surface area contributed by atoms with Crippen molar-refractivity contribution in [2.75, 3.05) is 13.6 Å². The molecular formula is C8H14N6O2. The van der Waals surface area contributed by atoms with Gasteiger partial charge in [-0.25, -0.2) is 0 Å². The van der Waals surface area contributed by atoms with Gasteiger partial charge in [-0.3, -0.25) is 9.59 Å². The van der Waals surface area contributed by atoms with Crippen molar-refractivity contribution in [2.24, 2.45) is 0 Å². The molecule has 8 heteroatoms. The van der Waals surface area contributed by atoms with Gasteiger partial charge in [0, 0.05) is 13.1 Å². The van der Waals surface area contributed by atoms with Crippen molar-refractivity contribution in [3.63, 3.8) is 0 Å². The van der Waals surface area contributed by atoms with E-state index in [9.17, 15) is 9.59 Å². The van der Waals surface area contributed by atoms with Crippen LogP contribution in [0.5, 0.6) is 0 Å². The van der Waals surface area contributed by atoms with E-state index in [1.165, 1.54) is 11.9 Å². The van der Waals surface area contributed by atoms with Gasteiger partial charge >= 0.3 is 0 Å². The lowest BCUT2D eigenvalue weighted by Gasteiger charge is -2.15. The second-order valence-corrected chi connectivity index (χ2v) is 3.62. The first kappa shape index (κ1) is 12.1. The van der Waals surface area contributed by atoms with Crippen molar-refractivity contribution in [2.45, 2.75) is 19.9 Å². The molecule has 0 saturated carbocycles. The van der Waals surface area contributed by atoms with Crippen LogP contribution < -0.4 is 5.32 Å². The Morgan fingerprint density at radius 2 is 2.19 bits per heavy atom. The highest BCUT2D eigenvalue weighted by molar-refractivity contribution is 5.93. The first-order chi connectivity index (χ1) is 7.50. The van der Waals surface area contributed by atoms with Crippen LogP contribution in [0, 0.1) is 0 Å². The number of H-pyrrole nitrogens is 1. The summed E-state index contributed by atoms with van der Waals surface area (Å²) in [4.78, 5) is 24.2. The maximum Gasteiger partial charge on any atom is 0.295 e. The van der Waals surface area contributed by atoms with E-state index in [4.69, 9.17) is 0 Å². The molecule has 0 aliphatic carbocycles. The molecule has 0 aliphatic rings. The van der Waals surface area contributed by atoms with Crippen molar-refractivity contribution >= 4 is 11.8 Å². The summed E-state index contributed by atoms with van der Waals surface area (Å²) >= 11 is 0. The van der Waals surface area contributed by atoms with Crippen molar-refractivity contribution in [3.8, 4) is 0 Å². The zero-order valence-corrected chi connectivity index (χ0v) is 9.39. The molecule has 0 radical (unpaired) electrons. The van der Waals surface area contributed by atoms with Gasteiger partial charge in [0.25, 0.3) is 11.7 Å². The van der Waals surface area contributed by atoms with Crippen LogP contribution in [-0.2, 0) is 4.79 Å². The van der Waals surface area contributed by atoms with E-state index in [1.54, 1.807) is 0 Å². The quantitative estimate of drug-likeness (QED) is 0.670. The summed E-state index contributed by atoms with van der Waals surface area (Å²) in [5.41, 5.74) is 0. The average Bonchev–Trinajstić information content (AvgIpc) is 2.67. The normalized spacial score (nSPS) is 10.2. The standard InChI is InChI=1S/C8H14N6O2/c1-5(2)9-6(15)4-14(3)8(16)7-10-12-13-11-7/h5H,4H2,1-3H3,(H,9,15)(H,10,11,12,13). The number of nitrogens with zero attached hydrogens (tertiary/aromatic N) is 4. The van der Waals surface area contributed by atoms with Gasteiger partial charge in [0.1, 0.15) is 0 Å². The molecule has 0 spiro atoms. The van der Waals surface area contributed by atoms with E-state index in [-0.39, 0.29) is 24.3 Å².